The molecule has 1 amide bonds. The molecule has 11 nitrogen and oxygen atoms in total. The van der Waals surface area contributed by atoms with Crippen LogP contribution in [0, 0.1) is 29.1 Å². The zero-order valence-electron chi connectivity index (χ0n) is 38.1. The van der Waals surface area contributed by atoms with Gasteiger partial charge in [-0.2, -0.15) is 5.26 Å². The fourth-order valence-electron chi connectivity index (χ4n) is 10.6. The topological polar surface area (TPSA) is 143 Å². The summed E-state index contributed by atoms with van der Waals surface area (Å²) in [6.07, 6.45) is 11.8. The Balaban J connectivity index is 1.30. The van der Waals surface area contributed by atoms with Crippen LogP contribution >= 0.6 is 0 Å². The second kappa shape index (κ2) is 22.1. The van der Waals surface area contributed by atoms with E-state index in [0.29, 0.717) is 60.8 Å². The zero-order valence-corrected chi connectivity index (χ0v) is 38.1. The highest BCUT2D eigenvalue weighted by Crippen LogP contribution is 2.62. The lowest BCUT2D eigenvalue weighted by atomic mass is 9.55. The standard InChI is InChI=1S/C55H63N3O8/c1-3-29-58(54(61)41-21-19-38(37-56)20-22-41)50-36-48(57-66-51-18-10-13-33-62-51)46-34-42(16-8-11-30-59)45(17-9-12-31-60)52-47-35-44(27-28-49(47)65-55(50,53(46)52)63-32-4-2)64-43-25-23-40(24-26-43)39-14-6-5-7-15-39/h4-7,14-15,19-28,34-35,42,45,50-53,59-60H,2-3,8-13,16-18,29-33,36H2,1H3/t42-,45+,50-,51?,52+,53+,55+/m0/s1. The van der Waals surface area contributed by atoms with Crippen molar-refractivity contribution in [3.05, 3.63) is 138 Å². The smallest absolute Gasteiger partial charge is 0.254 e. The van der Waals surface area contributed by atoms with Gasteiger partial charge in [-0.1, -0.05) is 79.5 Å². The summed E-state index contributed by atoms with van der Waals surface area (Å²) in [6.45, 7) is 7.47. The van der Waals surface area contributed by atoms with E-state index in [2.05, 4.69) is 49.1 Å². The van der Waals surface area contributed by atoms with Crippen molar-refractivity contribution in [3.8, 4) is 34.4 Å². The first-order valence-corrected chi connectivity index (χ1v) is 23.9. The van der Waals surface area contributed by atoms with Crippen LogP contribution in [0.2, 0.25) is 0 Å². The van der Waals surface area contributed by atoms with Crippen molar-refractivity contribution >= 4 is 11.6 Å². The number of allylic oxidation sites excluding steroid dienone is 1. The van der Waals surface area contributed by atoms with Crippen LogP contribution in [0.3, 0.4) is 0 Å². The fourth-order valence-corrected chi connectivity index (χ4v) is 10.6. The van der Waals surface area contributed by atoms with Gasteiger partial charge in [0.15, 0.2) is 0 Å². The molecule has 11 heteroatoms. The Hall–Kier alpha value is -5.77. The number of carbonyl (C=O) groups is 1. The number of fused-ring (bicyclic) bond motifs is 2. The van der Waals surface area contributed by atoms with Crippen LogP contribution in [0.4, 0.5) is 0 Å². The summed E-state index contributed by atoms with van der Waals surface area (Å²) < 4.78 is 27.3. The van der Waals surface area contributed by atoms with Gasteiger partial charge in [0.05, 0.1) is 36.5 Å². The minimum Gasteiger partial charge on any atom is -0.459 e. The Kier molecular flexibility index (Phi) is 15.7. The van der Waals surface area contributed by atoms with Crippen LogP contribution in [-0.4, -0.2) is 77.8 Å². The quantitative estimate of drug-likeness (QED) is 0.0503. The van der Waals surface area contributed by atoms with Gasteiger partial charge in [0, 0.05) is 49.6 Å². The maximum atomic E-state index is 15.0. The highest BCUT2D eigenvalue weighted by atomic mass is 16.8. The molecule has 0 radical (unpaired) electrons. The number of benzene rings is 4. The van der Waals surface area contributed by atoms with E-state index in [-0.39, 0.29) is 49.9 Å². The third kappa shape index (κ3) is 10.1. The van der Waals surface area contributed by atoms with Crippen molar-refractivity contribution in [2.45, 2.75) is 102 Å². The molecule has 0 aromatic heterocycles. The van der Waals surface area contributed by atoms with Gasteiger partial charge in [-0.15, -0.1) is 6.58 Å². The number of nitriles is 1. The van der Waals surface area contributed by atoms with Gasteiger partial charge in [0.1, 0.15) is 23.3 Å². The lowest BCUT2D eigenvalue weighted by Gasteiger charge is -2.60. The first-order valence-electron chi connectivity index (χ1n) is 23.9. The van der Waals surface area contributed by atoms with E-state index in [4.69, 9.17) is 28.9 Å². The average Bonchev–Trinajstić information content (AvgIpc) is 3.36. The monoisotopic (exact) mass is 893 g/mol. The molecule has 66 heavy (non-hydrogen) atoms. The molecule has 2 N–H and O–H groups in total. The Morgan fingerprint density at radius 2 is 1.68 bits per heavy atom. The number of carbonyl (C=O) groups excluding carboxylic acids is 1. The van der Waals surface area contributed by atoms with Crippen LogP contribution in [0.25, 0.3) is 11.1 Å². The molecule has 2 aliphatic carbocycles. The molecular weight excluding hydrogens is 831 g/mol. The lowest BCUT2D eigenvalue weighted by molar-refractivity contribution is -0.254. The molecule has 1 saturated carbocycles. The van der Waals surface area contributed by atoms with E-state index in [9.17, 15) is 15.5 Å². The third-order valence-electron chi connectivity index (χ3n) is 13.6. The van der Waals surface area contributed by atoms with Crippen molar-refractivity contribution in [1.29, 1.82) is 5.26 Å². The third-order valence-corrected chi connectivity index (χ3v) is 13.6. The van der Waals surface area contributed by atoms with Crippen LogP contribution < -0.4 is 9.47 Å². The molecule has 0 spiro atoms. The Labute approximate surface area is 389 Å². The SMILES string of the molecule is C=CCO[C@@]12Oc3ccc(Oc4ccc(-c5ccccc5)cc4)cc3[C@H]3[C@H](CCCCO)[C@@H](CCCCO)C=C(C(=NOC4CCCCO4)C[C@@H]1N(CCC)C(=O)c1ccc(C#N)cc1)[C@H]32. The number of rotatable bonds is 20. The number of unbranched alkanes of at least 4 members (excludes halogenated alkanes) is 2. The maximum absolute atomic E-state index is 15.0. The summed E-state index contributed by atoms with van der Waals surface area (Å²) in [6, 6.07) is 32.6. The van der Waals surface area contributed by atoms with Gasteiger partial charge < -0.3 is 38.9 Å². The normalized spacial score (nSPS) is 24.8. The van der Waals surface area contributed by atoms with E-state index in [0.717, 1.165) is 72.9 Å². The molecule has 2 aliphatic heterocycles. The molecule has 1 saturated heterocycles. The molecule has 2 fully saturated rings. The molecule has 2 heterocycles. The van der Waals surface area contributed by atoms with Crippen molar-refractivity contribution in [2.75, 3.05) is 33.0 Å². The second-order valence-electron chi connectivity index (χ2n) is 17.9. The van der Waals surface area contributed by atoms with E-state index in [1.54, 1.807) is 30.3 Å². The average molecular weight is 894 g/mol. The molecule has 4 aliphatic rings. The molecule has 8 rings (SSSR count). The second-order valence-corrected chi connectivity index (χ2v) is 17.9. The summed E-state index contributed by atoms with van der Waals surface area (Å²) in [4.78, 5) is 23.2. The number of nitrogens with zero attached hydrogens (tertiary/aromatic N) is 3. The minimum atomic E-state index is -1.41. The minimum absolute atomic E-state index is 0.0511. The van der Waals surface area contributed by atoms with Crippen molar-refractivity contribution in [2.24, 2.45) is 22.9 Å². The summed E-state index contributed by atoms with van der Waals surface area (Å²) in [7, 11) is 0. The molecule has 1 unspecified atom stereocenters. The fraction of sp³-hybridized carbons (Fsp3) is 0.436. The van der Waals surface area contributed by atoms with E-state index < -0.39 is 24.0 Å². The first kappa shape index (κ1) is 46.7. The first-order chi connectivity index (χ1) is 32.4. The molecule has 7 atom stereocenters. The highest BCUT2D eigenvalue weighted by Gasteiger charge is 2.65. The van der Waals surface area contributed by atoms with Crippen LogP contribution in [0.1, 0.15) is 105 Å². The lowest BCUT2D eigenvalue weighted by Crippen LogP contribution is -2.70. The van der Waals surface area contributed by atoms with Crippen LogP contribution in [0.5, 0.6) is 17.2 Å². The van der Waals surface area contributed by atoms with Gasteiger partial charge in [-0.05, 0) is 128 Å². The van der Waals surface area contributed by atoms with Crippen LogP contribution in [-0.2, 0) is 14.3 Å². The van der Waals surface area contributed by atoms with Gasteiger partial charge >= 0.3 is 0 Å². The molecule has 0 bridgehead atoms. The number of aliphatic hydroxyl groups excluding tert-OH is 2. The summed E-state index contributed by atoms with van der Waals surface area (Å²) in [5.41, 5.74) is 5.78. The number of aliphatic hydroxyl groups is 2. The molecule has 4 aromatic carbocycles. The largest absolute Gasteiger partial charge is 0.459 e. The van der Waals surface area contributed by atoms with E-state index >= 15 is 4.79 Å². The maximum Gasteiger partial charge on any atom is 0.254 e. The van der Waals surface area contributed by atoms with Crippen molar-refractivity contribution in [3.63, 3.8) is 0 Å². The number of ether oxygens (including phenoxy) is 4. The Bertz CT molecular complexity index is 2350. The van der Waals surface area contributed by atoms with Gasteiger partial charge in [0.25, 0.3) is 5.91 Å². The predicted octanol–water partition coefficient (Wildman–Crippen LogP) is 10.7. The van der Waals surface area contributed by atoms with E-state index in [1.165, 1.54) is 0 Å². The van der Waals surface area contributed by atoms with Crippen molar-refractivity contribution in [1.82, 2.24) is 4.90 Å². The van der Waals surface area contributed by atoms with Gasteiger partial charge in [-0.3, -0.25) is 4.79 Å². The van der Waals surface area contributed by atoms with Crippen molar-refractivity contribution < 1.29 is 38.8 Å². The Morgan fingerprint density at radius 1 is 0.939 bits per heavy atom. The number of amides is 1. The predicted molar refractivity (Wildman–Crippen MR) is 254 cm³/mol. The molecular formula is C55H63N3O8. The summed E-state index contributed by atoms with van der Waals surface area (Å²) in [5, 5.41) is 34.6. The number of hydrogen-bond donors (Lipinski definition) is 2. The van der Waals surface area contributed by atoms with Gasteiger partial charge in [-0.25, -0.2) is 0 Å². The zero-order chi connectivity index (χ0) is 45.9. The van der Waals surface area contributed by atoms with Gasteiger partial charge in [0.2, 0.25) is 12.1 Å². The molecule has 346 valence electrons. The molecule has 4 aromatic rings. The van der Waals surface area contributed by atoms with Crippen LogP contribution in [0.15, 0.2) is 127 Å². The summed E-state index contributed by atoms with van der Waals surface area (Å²) in [5.74, 6) is -0.167. The van der Waals surface area contributed by atoms with E-state index in [1.807, 2.05) is 54.3 Å². The number of hydrogen-bond acceptors (Lipinski definition) is 10. The number of oxime groups is 1. The summed E-state index contributed by atoms with van der Waals surface area (Å²) >= 11 is 0. The Morgan fingerprint density at radius 3 is 2.38 bits per heavy atom. The highest BCUT2D eigenvalue weighted by molar-refractivity contribution is 6.03.